The van der Waals surface area contributed by atoms with Crippen molar-refractivity contribution in [2.45, 2.75) is 32.2 Å². The third-order valence-electron chi connectivity index (χ3n) is 6.23. The van der Waals surface area contributed by atoms with E-state index in [1.165, 1.54) is 0 Å². The number of benzene rings is 2. The molecule has 0 bridgehead atoms. The predicted molar refractivity (Wildman–Crippen MR) is 129 cm³/mol. The largest absolute Gasteiger partial charge is 0.437 e. The van der Waals surface area contributed by atoms with Gasteiger partial charge in [0.15, 0.2) is 0 Å². The molecule has 1 aliphatic heterocycles. The van der Waals surface area contributed by atoms with Crippen LogP contribution in [0.1, 0.15) is 45.9 Å². The van der Waals surface area contributed by atoms with Gasteiger partial charge in [0.1, 0.15) is 11.4 Å². The Kier molecular flexibility index (Phi) is 6.33. The maximum absolute atomic E-state index is 13.6. The van der Waals surface area contributed by atoms with Crippen molar-refractivity contribution in [3.8, 4) is 11.6 Å². The van der Waals surface area contributed by atoms with Crippen molar-refractivity contribution in [1.82, 2.24) is 24.6 Å². The number of carbonyl (C=O) groups is 1. The number of aromatic nitrogens is 4. The van der Waals surface area contributed by atoms with Gasteiger partial charge in [0, 0.05) is 49.4 Å². The molecular formula is C27H27N5O2. The smallest absolute Gasteiger partial charge is 0.254 e. The number of amides is 1. The van der Waals surface area contributed by atoms with Gasteiger partial charge in [-0.1, -0.05) is 36.4 Å². The topological polar surface area (TPSA) is 73.1 Å². The lowest BCUT2D eigenvalue weighted by Crippen LogP contribution is -2.39. The van der Waals surface area contributed by atoms with Gasteiger partial charge in [-0.15, -0.1) is 0 Å². The second-order valence-electron chi connectivity index (χ2n) is 8.57. The molecule has 1 atom stereocenters. The van der Waals surface area contributed by atoms with Crippen LogP contribution in [0.3, 0.4) is 0 Å². The molecule has 4 aromatic rings. The second-order valence-corrected chi connectivity index (χ2v) is 8.57. The monoisotopic (exact) mass is 453 g/mol. The number of piperidine rings is 1. The van der Waals surface area contributed by atoms with E-state index >= 15 is 0 Å². The molecule has 0 unspecified atom stereocenters. The summed E-state index contributed by atoms with van der Waals surface area (Å²) in [7, 11) is 0. The zero-order valence-electron chi connectivity index (χ0n) is 19.2. The minimum absolute atomic E-state index is 0.0396. The summed E-state index contributed by atoms with van der Waals surface area (Å²) in [4.78, 5) is 24.6. The van der Waals surface area contributed by atoms with E-state index in [2.05, 4.69) is 15.1 Å². The molecule has 7 nitrogen and oxygen atoms in total. The molecule has 7 heteroatoms. The number of rotatable bonds is 6. The summed E-state index contributed by atoms with van der Waals surface area (Å²) in [6.45, 7) is 3.87. The SMILES string of the molecule is Cc1ccccc1Oc1nccnc1[C@H]1CCCN(C(=O)c2ccccc2Cn2cccn2)C1. The van der Waals surface area contributed by atoms with Crippen molar-refractivity contribution < 1.29 is 9.53 Å². The summed E-state index contributed by atoms with van der Waals surface area (Å²) < 4.78 is 8.00. The highest BCUT2D eigenvalue weighted by atomic mass is 16.5. The Hall–Kier alpha value is -4.00. The molecule has 5 rings (SSSR count). The van der Waals surface area contributed by atoms with E-state index in [1.807, 2.05) is 77.3 Å². The van der Waals surface area contributed by atoms with Crippen molar-refractivity contribution >= 4 is 5.91 Å². The van der Waals surface area contributed by atoms with Crippen LogP contribution >= 0.6 is 0 Å². The lowest BCUT2D eigenvalue weighted by Gasteiger charge is -2.33. The molecule has 2 aromatic carbocycles. The van der Waals surface area contributed by atoms with E-state index in [0.29, 0.717) is 24.5 Å². The number of hydrogen-bond donors (Lipinski definition) is 0. The Labute approximate surface area is 199 Å². The quantitative estimate of drug-likeness (QED) is 0.418. The van der Waals surface area contributed by atoms with Crippen LogP contribution in [0.5, 0.6) is 11.6 Å². The van der Waals surface area contributed by atoms with Gasteiger partial charge in [0.05, 0.1) is 6.54 Å². The molecule has 1 aliphatic rings. The number of nitrogens with zero attached hydrogens (tertiary/aromatic N) is 5. The first kappa shape index (κ1) is 21.8. The Bertz CT molecular complexity index is 1270. The first-order valence-corrected chi connectivity index (χ1v) is 11.6. The second kappa shape index (κ2) is 9.87. The van der Waals surface area contributed by atoms with Gasteiger partial charge < -0.3 is 9.64 Å². The van der Waals surface area contributed by atoms with Crippen molar-refractivity contribution in [2.24, 2.45) is 0 Å². The maximum atomic E-state index is 13.6. The van der Waals surface area contributed by atoms with Crippen LogP contribution in [0, 0.1) is 6.92 Å². The average Bonchev–Trinajstić information content (AvgIpc) is 3.39. The number of carbonyl (C=O) groups excluding carboxylic acids is 1. The van der Waals surface area contributed by atoms with E-state index in [9.17, 15) is 4.79 Å². The molecule has 2 aromatic heterocycles. The van der Waals surface area contributed by atoms with Crippen LogP contribution < -0.4 is 4.74 Å². The number of hydrogen-bond acceptors (Lipinski definition) is 5. The molecule has 34 heavy (non-hydrogen) atoms. The average molecular weight is 454 g/mol. The first-order chi connectivity index (χ1) is 16.7. The Balaban J connectivity index is 1.37. The fourth-order valence-electron chi connectivity index (χ4n) is 4.46. The van der Waals surface area contributed by atoms with Crippen molar-refractivity contribution in [1.29, 1.82) is 0 Å². The van der Waals surface area contributed by atoms with Crippen molar-refractivity contribution in [2.75, 3.05) is 13.1 Å². The molecule has 1 saturated heterocycles. The van der Waals surface area contributed by atoms with Gasteiger partial charge in [-0.2, -0.15) is 5.10 Å². The van der Waals surface area contributed by atoms with E-state index in [0.717, 1.165) is 42.0 Å². The fourth-order valence-corrected chi connectivity index (χ4v) is 4.46. The highest BCUT2D eigenvalue weighted by molar-refractivity contribution is 5.95. The summed E-state index contributed by atoms with van der Waals surface area (Å²) in [5.41, 5.74) is 3.51. The van der Waals surface area contributed by atoms with E-state index < -0.39 is 0 Å². The van der Waals surface area contributed by atoms with Gasteiger partial charge in [-0.25, -0.2) is 4.98 Å². The number of para-hydroxylation sites is 1. The van der Waals surface area contributed by atoms with Gasteiger partial charge >= 0.3 is 0 Å². The molecule has 1 amide bonds. The fraction of sp³-hybridized carbons (Fsp3) is 0.259. The Morgan fingerprint density at radius 3 is 2.71 bits per heavy atom. The van der Waals surface area contributed by atoms with E-state index in [-0.39, 0.29) is 11.8 Å². The molecule has 1 fully saturated rings. The molecule has 0 spiro atoms. The summed E-state index contributed by atoms with van der Waals surface area (Å²) in [5.74, 6) is 1.37. The van der Waals surface area contributed by atoms with Gasteiger partial charge in [-0.3, -0.25) is 14.5 Å². The normalized spacial score (nSPS) is 15.8. The summed E-state index contributed by atoms with van der Waals surface area (Å²) in [6.07, 6.45) is 8.83. The van der Waals surface area contributed by atoms with Crippen LogP contribution in [-0.2, 0) is 6.54 Å². The van der Waals surface area contributed by atoms with Crippen LogP contribution in [0.15, 0.2) is 79.4 Å². The standard InChI is InChI=1S/C27H27N5O2/c1-20-8-2-5-12-24(20)34-26-25(28-14-15-29-26)22-10-6-16-31(18-22)27(33)23-11-4-3-9-21(23)19-32-17-7-13-30-32/h2-5,7-9,11-15,17,22H,6,10,16,18-19H2,1H3/t22-/m0/s1. The van der Waals surface area contributed by atoms with Crippen molar-refractivity contribution in [3.63, 3.8) is 0 Å². The van der Waals surface area contributed by atoms with Crippen LogP contribution in [0.25, 0.3) is 0 Å². The summed E-state index contributed by atoms with van der Waals surface area (Å²) in [6, 6.07) is 17.5. The third kappa shape index (κ3) is 4.69. The predicted octanol–water partition coefficient (Wildman–Crippen LogP) is 4.84. The number of ether oxygens (including phenoxy) is 1. The minimum atomic E-state index is 0.0396. The summed E-state index contributed by atoms with van der Waals surface area (Å²) >= 11 is 0. The summed E-state index contributed by atoms with van der Waals surface area (Å²) in [5, 5.41) is 4.29. The zero-order valence-corrected chi connectivity index (χ0v) is 19.2. The minimum Gasteiger partial charge on any atom is -0.437 e. The van der Waals surface area contributed by atoms with Crippen LogP contribution in [0.4, 0.5) is 0 Å². The van der Waals surface area contributed by atoms with E-state index in [1.54, 1.807) is 18.6 Å². The third-order valence-corrected chi connectivity index (χ3v) is 6.23. The highest BCUT2D eigenvalue weighted by Crippen LogP contribution is 2.34. The molecule has 0 saturated carbocycles. The number of likely N-dealkylation sites (tertiary alicyclic amines) is 1. The molecular weight excluding hydrogens is 426 g/mol. The van der Waals surface area contributed by atoms with Crippen molar-refractivity contribution in [3.05, 3.63) is 102 Å². The van der Waals surface area contributed by atoms with Gasteiger partial charge in [-0.05, 0) is 49.1 Å². The Morgan fingerprint density at radius 2 is 1.85 bits per heavy atom. The van der Waals surface area contributed by atoms with E-state index in [4.69, 9.17) is 4.74 Å². The number of aryl methyl sites for hydroxylation is 1. The van der Waals surface area contributed by atoms with Gasteiger partial charge in [0.2, 0.25) is 5.88 Å². The Morgan fingerprint density at radius 1 is 1.03 bits per heavy atom. The first-order valence-electron chi connectivity index (χ1n) is 11.6. The lowest BCUT2D eigenvalue weighted by molar-refractivity contribution is 0.0703. The molecule has 172 valence electrons. The highest BCUT2D eigenvalue weighted by Gasteiger charge is 2.29. The molecule has 0 aliphatic carbocycles. The molecule has 3 heterocycles. The zero-order chi connectivity index (χ0) is 23.3. The molecule has 0 radical (unpaired) electrons. The lowest BCUT2D eigenvalue weighted by atomic mass is 9.93. The van der Waals surface area contributed by atoms with Crippen LogP contribution in [0.2, 0.25) is 0 Å². The molecule has 0 N–H and O–H groups in total. The van der Waals surface area contributed by atoms with Gasteiger partial charge in [0.25, 0.3) is 5.91 Å². The van der Waals surface area contributed by atoms with Crippen LogP contribution in [-0.4, -0.2) is 43.6 Å². The maximum Gasteiger partial charge on any atom is 0.254 e.